The van der Waals surface area contributed by atoms with Gasteiger partial charge in [0.05, 0.1) is 0 Å². The lowest BCUT2D eigenvalue weighted by molar-refractivity contribution is 0.535. The van der Waals surface area contributed by atoms with Crippen molar-refractivity contribution >= 4 is 22.6 Å². The second-order valence-corrected chi connectivity index (χ2v) is 10.2. The fraction of sp³-hybridized carbons (Fsp3) is 0.533. The van der Waals surface area contributed by atoms with Gasteiger partial charge in [-0.15, -0.1) is 6.42 Å². The quantitative estimate of drug-likeness (QED) is 0.116. The molecule has 0 unspecified atom stereocenters. The molecule has 0 radical (unpaired) electrons. The molecule has 2 aromatic rings. The van der Waals surface area contributed by atoms with Gasteiger partial charge >= 0.3 is 0 Å². The van der Waals surface area contributed by atoms with Crippen molar-refractivity contribution in [2.24, 2.45) is 0 Å². The molecular weight excluding hydrogens is 487 g/mol. The normalized spacial score (nSPS) is 10.9. The van der Waals surface area contributed by atoms with Crippen molar-refractivity contribution in [3.63, 3.8) is 0 Å². The molecule has 0 spiro atoms. The fourth-order valence-corrected chi connectivity index (χ4v) is 4.61. The van der Waals surface area contributed by atoms with Crippen LogP contribution < -0.4 is 0 Å². The Kier molecular flexibility index (Phi) is 13.7. The van der Waals surface area contributed by atoms with Crippen LogP contribution in [0, 0.1) is 15.9 Å². The molecule has 0 amide bonds. The first-order valence-corrected chi connectivity index (χ1v) is 13.7. The minimum Gasteiger partial charge on any atom is -0.115 e. The van der Waals surface area contributed by atoms with Gasteiger partial charge in [-0.3, -0.25) is 0 Å². The molecule has 0 bridgehead atoms. The van der Waals surface area contributed by atoms with E-state index in [1.807, 2.05) is 0 Å². The zero-order chi connectivity index (χ0) is 22.2. The van der Waals surface area contributed by atoms with Gasteiger partial charge in [0.25, 0.3) is 0 Å². The average Bonchev–Trinajstić information content (AvgIpc) is 2.79. The van der Waals surface area contributed by atoms with E-state index in [0.29, 0.717) is 0 Å². The summed E-state index contributed by atoms with van der Waals surface area (Å²) in [6.07, 6.45) is 26.5. The minimum absolute atomic E-state index is 0.997. The van der Waals surface area contributed by atoms with Crippen molar-refractivity contribution in [1.82, 2.24) is 0 Å². The highest BCUT2D eigenvalue weighted by Gasteiger charge is 2.03. The lowest BCUT2D eigenvalue weighted by atomic mass is 9.97. The summed E-state index contributed by atoms with van der Waals surface area (Å²) >= 11 is 2.35. The van der Waals surface area contributed by atoms with E-state index in [1.54, 1.807) is 0 Å². The largest absolute Gasteiger partial charge is 0.115 e. The van der Waals surface area contributed by atoms with E-state index < -0.39 is 0 Å². The molecule has 2 rings (SSSR count). The first kappa shape index (κ1) is 26.0. The number of hydrogen-bond donors (Lipinski definition) is 0. The Morgan fingerprint density at radius 2 is 1.16 bits per heavy atom. The molecule has 0 nitrogen and oxygen atoms in total. The van der Waals surface area contributed by atoms with Crippen molar-refractivity contribution in [3.05, 3.63) is 57.2 Å². The van der Waals surface area contributed by atoms with Gasteiger partial charge in [0.2, 0.25) is 0 Å². The van der Waals surface area contributed by atoms with Crippen molar-refractivity contribution in [1.29, 1.82) is 0 Å². The molecule has 1 heteroatoms. The second kappa shape index (κ2) is 16.4. The topological polar surface area (TPSA) is 0 Å². The number of halogens is 1. The summed E-state index contributed by atoms with van der Waals surface area (Å²) in [5.74, 6) is 2.84. The first-order chi connectivity index (χ1) is 15.2. The number of unbranched alkanes of at least 4 members (excludes halogenated alkanes) is 13. The molecule has 0 heterocycles. The zero-order valence-corrected chi connectivity index (χ0v) is 21.8. The van der Waals surface area contributed by atoms with Gasteiger partial charge in [-0.2, -0.15) is 0 Å². The molecular formula is C30H41I. The maximum Gasteiger partial charge on any atom is 0.0251 e. The van der Waals surface area contributed by atoms with Crippen LogP contribution in [0.3, 0.4) is 0 Å². The zero-order valence-electron chi connectivity index (χ0n) is 19.6. The molecule has 0 saturated carbocycles. The summed E-state index contributed by atoms with van der Waals surface area (Å²) in [4.78, 5) is 0. The van der Waals surface area contributed by atoms with Crippen molar-refractivity contribution in [2.45, 2.75) is 103 Å². The van der Waals surface area contributed by atoms with Gasteiger partial charge in [0, 0.05) is 9.13 Å². The van der Waals surface area contributed by atoms with Crippen LogP contribution in [0.15, 0.2) is 42.5 Å². The van der Waals surface area contributed by atoms with Crippen molar-refractivity contribution in [2.75, 3.05) is 0 Å². The van der Waals surface area contributed by atoms with Crippen LogP contribution in [0.25, 0.3) is 11.1 Å². The molecule has 0 aliphatic heterocycles. The molecule has 0 N–H and O–H groups in total. The summed E-state index contributed by atoms with van der Waals surface area (Å²) < 4.78 is 1.26. The van der Waals surface area contributed by atoms with Gasteiger partial charge in [-0.25, -0.2) is 0 Å². The predicted octanol–water partition coefficient (Wildman–Crippen LogP) is 9.96. The highest BCUT2D eigenvalue weighted by atomic mass is 127. The van der Waals surface area contributed by atoms with Gasteiger partial charge in [-0.05, 0) is 76.4 Å². The molecule has 0 aliphatic carbocycles. The average molecular weight is 529 g/mol. The second-order valence-electron chi connectivity index (χ2n) is 8.92. The Hall–Kier alpha value is -1.27. The highest BCUT2D eigenvalue weighted by Crippen LogP contribution is 2.24. The van der Waals surface area contributed by atoms with Gasteiger partial charge in [-0.1, -0.05) is 115 Å². The molecule has 0 aromatic heterocycles. The molecule has 31 heavy (non-hydrogen) atoms. The first-order valence-electron chi connectivity index (χ1n) is 12.6. The van der Waals surface area contributed by atoms with E-state index in [9.17, 15) is 0 Å². The molecule has 0 fully saturated rings. The minimum atomic E-state index is 0.997. The lowest BCUT2D eigenvalue weighted by Gasteiger charge is -2.08. The Labute approximate surface area is 205 Å². The highest BCUT2D eigenvalue weighted by molar-refractivity contribution is 14.1. The Balaban J connectivity index is 1.59. The maximum absolute atomic E-state index is 5.72. The number of aryl methyl sites for hydroxylation is 1. The Bertz CT molecular complexity index is 766. The third-order valence-corrected chi connectivity index (χ3v) is 6.88. The summed E-state index contributed by atoms with van der Waals surface area (Å²) in [7, 11) is 0. The number of hydrogen-bond acceptors (Lipinski definition) is 0. The van der Waals surface area contributed by atoms with Crippen molar-refractivity contribution in [3.8, 4) is 23.5 Å². The lowest BCUT2D eigenvalue weighted by Crippen LogP contribution is -1.90. The van der Waals surface area contributed by atoms with E-state index in [2.05, 4.69) is 77.9 Å². The smallest absolute Gasteiger partial charge is 0.0251 e. The Morgan fingerprint density at radius 1 is 0.645 bits per heavy atom. The van der Waals surface area contributed by atoms with E-state index in [-0.39, 0.29) is 0 Å². The van der Waals surface area contributed by atoms with E-state index in [0.717, 1.165) is 12.0 Å². The monoisotopic (exact) mass is 528 g/mol. The van der Waals surface area contributed by atoms with Crippen LogP contribution in [0.5, 0.6) is 0 Å². The van der Waals surface area contributed by atoms with Crippen LogP contribution >= 0.6 is 22.6 Å². The molecule has 0 saturated heterocycles. The van der Waals surface area contributed by atoms with Crippen LogP contribution in [-0.4, -0.2) is 0 Å². The van der Waals surface area contributed by atoms with Crippen molar-refractivity contribution < 1.29 is 0 Å². The maximum atomic E-state index is 5.72. The molecule has 168 valence electrons. The summed E-state index contributed by atoms with van der Waals surface area (Å²) in [5.41, 5.74) is 4.87. The number of terminal acetylenes is 1. The van der Waals surface area contributed by atoms with Crippen LogP contribution in [0.2, 0.25) is 0 Å². The van der Waals surface area contributed by atoms with Crippen LogP contribution in [-0.2, 0) is 6.42 Å². The third-order valence-electron chi connectivity index (χ3n) is 6.16. The Morgan fingerprint density at radius 3 is 1.68 bits per heavy atom. The van der Waals surface area contributed by atoms with Gasteiger partial charge < -0.3 is 0 Å². The van der Waals surface area contributed by atoms with Crippen LogP contribution in [0.1, 0.15) is 108 Å². The van der Waals surface area contributed by atoms with E-state index in [1.165, 1.54) is 110 Å². The fourth-order valence-electron chi connectivity index (χ4n) is 4.25. The standard InChI is InChI=1S/C30H41I/c1-3-5-6-7-8-9-10-11-12-13-14-15-16-17-18-27-23-26(4-2)24-29(25-27)28-19-21-30(31)22-20-28/h2,19-25H,3,5-18H2,1H3. The number of benzene rings is 2. The summed E-state index contributed by atoms with van der Waals surface area (Å²) in [6.45, 7) is 2.29. The SMILES string of the molecule is C#Cc1cc(CCCCCCCCCCCCCCCC)cc(-c2ccc(I)cc2)c1. The predicted molar refractivity (Wildman–Crippen MR) is 147 cm³/mol. The van der Waals surface area contributed by atoms with Gasteiger partial charge in [0.15, 0.2) is 0 Å². The summed E-state index contributed by atoms with van der Waals surface area (Å²) in [5, 5.41) is 0. The van der Waals surface area contributed by atoms with E-state index in [4.69, 9.17) is 6.42 Å². The van der Waals surface area contributed by atoms with Crippen LogP contribution in [0.4, 0.5) is 0 Å². The molecule has 0 aliphatic rings. The summed E-state index contributed by atoms with van der Waals surface area (Å²) in [6, 6.07) is 15.3. The molecule has 0 atom stereocenters. The molecule has 2 aromatic carbocycles. The third kappa shape index (κ3) is 11.2. The van der Waals surface area contributed by atoms with Gasteiger partial charge in [0.1, 0.15) is 0 Å². The van der Waals surface area contributed by atoms with E-state index >= 15 is 0 Å². The number of rotatable bonds is 16.